The van der Waals surface area contributed by atoms with Crippen LogP contribution in [0.1, 0.15) is 68.5 Å². The van der Waals surface area contributed by atoms with Gasteiger partial charge in [0.25, 0.3) is 0 Å². The van der Waals surface area contributed by atoms with Crippen LogP contribution in [0.4, 0.5) is 0 Å². The molecule has 0 spiro atoms. The fourth-order valence-corrected chi connectivity index (χ4v) is 4.31. The molecule has 1 aromatic heterocycles. The van der Waals surface area contributed by atoms with Gasteiger partial charge in [-0.25, -0.2) is 4.98 Å². The highest BCUT2D eigenvalue weighted by atomic mass is 32.1. The van der Waals surface area contributed by atoms with Gasteiger partial charge >= 0.3 is 0 Å². The van der Waals surface area contributed by atoms with Gasteiger partial charge in [-0.2, -0.15) is 0 Å². The van der Waals surface area contributed by atoms with Gasteiger partial charge in [0.1, 0.15) is 0 Å². The number of nitrogens with one attached hydrogen (secondary N) is 1. The summed E-state index contributed by atoms with van der Waals surface area (Å²) in [6, 6.07) is 0. The summed E-state index contributed by atoms with van der Waals surface area (Å²) in [4.78, 5) is 30.7. The zero-order valence-electron chi connectivity index (χ0n) is 14.4. The van der Waals surface area contributed by atoms with E-state index in [9.17, 15) is 9.59 Å². The molecule has 2 fully saturated rings. The predicted molar refractivity (Wildman–Crippen MR) is 94.8 cm³/mol. The van der Waals surface area contributed by atoms with E-state index in [-0.39, 0.29) is 17.7 Å². The molecule has 0 bridgehead atoms. The molecule has 2 amide bonds. The number of thiazole rings is 1. The number of carbonyl (C=O) groups is 2. The smallest absolute Gasteiger partial charge is 0.223 e. The van der Waals surface area contributed by atoms with E-state index in [0.717, 1.165) is 55.9 Å². The first-order valence-electron chi connectivity index (χ1n) is 9.17. The predicted octanol–water partition coefficient (Wildman–Crippen LogP) is 3.07. The Hall–Kier alpha value is -1.43. The largest absolute Gasteiger partial charge is 0.350 e. The van der Waals surface area contributed by atoms with E-state index in [1.807, 2.05) is 17.2 Å². The topological polar surface area (TPSA) is 62.3 Å². The average Bonchev–Trinajstić information content (AvgIpc) is 3.01. The van der Waals surface area contributed by atoms with Crippen LogP contribution >= 0.6 is 11.3 Å². The molecule has 2 aliphatic rings. The van der Waals surface area contributed by atoms with Gasteiger partial charge in [-0.1, -0.05) is 13.3 Å². The Morgan fingerprint density at radius 2 is 2.17 bits per heavy atom. The standard InChI is InChI=1S/C18H27N3O2S/c1-2-5-16(22)21-9-4-8-14(11-21)18-20-15(12-24-18)10-19-17(23)13-6-3-7-13/h12-14H,2-11H2,1H3,(H,19,23). The molecule has 5 nitrogen and oxygen atoms in total. The first-order chi connectivity index (χ1) is 11.7. The normalized spacial score (nSPS) is 21.4. The van der Waals surface area contributed by atoms with Gasteiger partial charge in [0.2, 0.25) is 11.8 Å². The number of hydrogen-bond donors (Lipinski definition) is 1. The van der Waals surface area contributed by atoms with Crippen molar-refractivity contribution < 1.29 is 9.59 Å². The molecule has 132 valence electrons. The van der Waals surface area contributed by atoms with Gasteiger partial charge in [0.15, 0.2) is 0 Å². The summed E-state index contributed by atoms with van der Waals surface area (Å²) in [6.07, 6.45) is 6.92. The average molecular weight is 350 g/mol. The van der Waals surface area contributed by atoms with E-state index in [1.54, 1.807) is 11.3 Å². The first-order valence-corrected chi connectivity index (χ1v) is 10.0. The maximum absolute atomic E-state index is 12.1. The highest BCUT2D eigenvalue weighted by Crippen LogP contribution is 2.30. The molecule has 1 atom stereocenters. The number of hydrogen-bond acceptors (Lipinski definition) is 4. The van der Waals surface area contributed by atoms with E-state index in [2.05, 4.69) is 5.32 Å². The third kappa shape index (κ3) is 4.15. The highest BCUT2D eigenvalue weighted by molar-refractivity contribution is 7.09. The summed E-state index contributed by atoms with van der Waals surface area (Å²) in [6.45, 7) is 4.24. The summed E-state index contributed by atoms with van der Waals surface area (Å²) >= 11 is 1.66. The van der Waals surface area contributed by atoms with Gasteiger partial charge in [0.05, 0.1) is 17.2 Å². The number of carbonyl (C=O) groups excluding carboxylic acids is 2. The van der Waals surface area contributed by atoms with Gasteiger partial charge in [-0.3, -0.25) is 9.59 Å². The summed E-state index contributed by atoms with van der Waals surface area (Å²) in [5.74, 6) is 1.01. The number of amides is 2. The Morgan fingerprint density at radius 1 is 1.33 bits per heavy atom. The van der Waals surface area contributed by atoms with Crippen molar-refractivity contribution in [3.63, 3.8) is 0 Å². The second-order valence-corrected chi connectivity index (χ2v) is 7.84. The number of nitrogens with zero attached hydrogens (tertiary/aromatic N) is 2. The number of aromatic nitrogens is 1. The van der Waals surface area contributed by atoms with Crippen molar-refractivity contribution in [1.82, 2.24) is 15.2 Å². The molecule has 1 saturated carbocycles. The van der Waals surface area contributed by atoms with E-state index < -0.39 is 0 Å². The van der Waals surface area contributed by atoms with Crippen LogP contribution in [0.5, 0.6) is 0 Å². The Balaban J connectivity index is 1.52. The highest BCUT2D eigenvalue weighted by Gasteiger charge is 2.27. The minimum atomic E-state index is 0.171. The number of likely N-dealkylation sites (tertiary alicyclic amines) is 1. The maximum atomic E-state index is 12.1. The quantitative estimate of drug-likeness (QED) is 0.858. The van der Waals surface area contributed by atoms with Crippen LogP contribution in [0.15, 0.2) is 5.38 Å². The second-order valence-electron chi connectivity index (χ2n) is 6.95. The van der Waals surface area contributed by atoms with Crippen LogP contribution in [-0.4, -0.2) is 34.8 Å². The molecule has 3 rings (SSSR count). The summed E-state index contributed by atoms with van der Waals surface area (Å²) in [5.41, 5.74) is 0.944. The second kappa shape index (κ2) is 8.10. The molecule has 6 heteroatoms. The monoisotopic (exact) mass is 349 g/mol. The van der Waals surface area contributed by atoms with Crippen LogP contribution in [0.2, 0.25) is 0 Å². The van der Waals surface area contributed by atoms with E-state index in [4.69, 9.17) is 4.98 Å². The lowest BCUT2D eigenvalue weighted by atomic mass is 9.85. The molecule has 1 saturated heterocycles. The third-order valence-electron chi connectivity index (χ3n) is 5.08. The van der Waals surface area contributed by atoms with Crippen LogP contribution in [0.3, 0.4) is 0 Å². The fraction of sp³-hybridized carbons (Fsp3) is 0.722. The van der Waals surface area contributed by atoms with Crippen molar-refractivity contribution in [3.8, 4) is 0 Å². The number of rotatable bonds is 6. The zero-order chi connectivity index (χ0) is 16.9. The molecule has 2 heterocycles. The molecular formula is C18H27N3O2S. The van der Waals surface area contributed by atoms with Crippen LogP contribution in [0, 0.1) is 5.92 Å². The molecule has 24 heavy (non-hydrogen) atoms. The van der Waals surface area contributed by atoms with E-state index in [1.165, 1.54) is 6.42 Å². The molecular weight excluding hydrogens is 322 g/mol. The Bertz CT molecular complexity index is 583. The molecule has 1 aliphatic carbocycles. The minimum Gasteiger partial charge on any atom is -0.350 e. The van der Waals surface area contributed by atoms with Crippen LogP contribution in [-0.2, 0) is 16.1 Å². The van der Waals surface area contributed by atoms with Gasteiger partial charge in [-0.15, -0.1) is 11.3 Å². The van der Waals surface area contributed by atoms with Gasteiger partial charge in [0, 0.05) is 36.7 Å². The molecule has 1 aromatic rings. The number of piperidine rings is 1. The van der Waals surface area contributed by atoms with Crippen LogP contribution in [0.25, 0.3) is 0 Å². The SMILES string of the molecule is CCCC(=O)N1CCCC(c2nc(CNC(=O)C3CCC3)cs2)C1. The van der Waals surface area contributed by atoms with Crippen molar-refractivity contribution in [1.29, 1.82) is 0 Å². The first kappa shape index (κ1) is 17.4. The summed E-state index contributed by atoms with van der Waals surface area (Å²) in [5, 5.41) is 6.15. The lowest BCUT2D eigenvalue weighted by Gasteiger charge is -2.31. The third-order valence-corrected chi connectivity index (χ3v) is 6.13. The molecule has 1 aliphatic heterocycles. The van der Waals surface area contributed by atoms with Crippen LogP contribution < -0.4 is 5.32 Å². The summed E-state index contributed by atoms with van der Waals surface area (Å²) < 4.78 is 0. The van der Waals surface area contributed by atoms with Crippen molar-refractivity contribution in [2.45, 2.75) is 64.3 Å². The maximum Gasteiger partial charge on any atom is 0.223 e. The molecule has 1 unspecified atom stereocenters. The molecule has 0 aromatic carbocycles. The van der Waals surface area contributed by atoms with Crippen molar-refractivity contribution in [2.24, 2.45) is 5.92 Å². The lowest BCUT2D eigenvalue weighted by Crippen LogP contribution is -2.38. The van der Waals surface area contributed by atoms with E-state index >= 15 is 0 Å². The lowest BCUT2D eigenvalue weighted by molar-refractivity contribution is -0.132. The molecule has 0 radical (unpaired) electrons. The Labute approximate surface area is 147 Å². The zero-order valence-corrected chi connectivity index (χ0v) is 15.2. The van der Waals surface area contributed by atoms with Crippen molar-refractivity contribution >= 4 is 23.2 Å². The molecule has 1 N–H and O–H groups in total. The van der Waals surface area contributed by atoms with Crippen molar-refractivity contribution in [2.75, 3.05) is 13.1 Å². The van der Waals surface area contributed by atoms with Gasteiger partial charge < -0.3 is 10.2 Å². The Kier molecular flexibility index (Phi) is 5.87. The van der Waals surface area contributed by atoms with E-state index in [0.29, 0.717) is 18.9 Å². The fourth-order valence-electron chi connectivity index (χ4n) is 3.36. The summed E-state index contributed by atoms with van der Waals surface area (Å²) in [7, 11) is 0. The minimum absolute atomic E-state index is 0.171. The Morgan fingerprint density at radius 3 is 2.88 bits per heavy atom. The van der Waals surface area contributed by atoms with Crippen molar-refractivity contribution in [3.05, 3.63) is 16.1 Å². The van der Waals surface area contributed by atoms with Gasteiger partial charge in [-0.05, 0) is 32.1 Å².